The van der Waals surface area contributed by atoms with Gasteiger partial charge >= 0.3 is 5.97 Å². The van der Waals surface area contributed by atoms with Crippen LogP contribution in [0.25, 0.3) is 5.69 Å². The summed E-state index contributed by atoms with van der Waals surface area (Å²) < 4.78 is 1.07. The van der Waals surface area contributed by atoms with Gasteiger partial charge in [-0.05, 0) is 12.1 Å². The maximum atomic E-state index is 10.7. The largest absolute Gasteiger partial charge is 0.506 e. The van der Waals surface area contributed by atoms with Crippen molar-refractivity contribution in [1.82, 2.24) is 15.0 Å². The van der Waals surface area contributed by atoms with Crippen molar-refractivity contribution in [2.75, 3.05) is 5.73 Å². The van der Waals surface area contributed by atoms with E-state index in [1.165, 1.54) is 6.07 Å². The molecule has 0 saturated heterocycles. The van der Waals surface area contributed by atoms with Gasteiger partial charge in [-0.25, -0.2) is 4.79 Å². The van der Waals surface area contributed by atoms with E-state index < -0.39 is 5.97 Å². The number of carboxylic acids is 1. The summed E-state index contributed by atoms with van der Waals surface area (Å²) in [6.45, 7) is 0. The van der Waals surface area contributed by atoms with Crippen LogP contribution in [0.1, 0.15) is 10.5 Å². The number of carbonyl (C=O) groups is 1. The number of aromatic hydroxyl groups is 1. The molecule has 0 radical (unpaired) electrons. The molecule has 82 valence electrons. The molecule has 0 spiro atoms. The summed E-state index contributed by atoms with van der Waals surface area (Å²) in [5.41, 5.74) is 5.48. The summed E-state index contributed by atoms with van der Waals surface area (Å²) in [6.07, 6.45) is 0. The number of nitrogen functional groups attached to an aromatic ring is 1. The van der Waals surface area contributed by atoms with Crippen LogP contribution in [-0.2, 0) is 0 Å². The normalized spacial score (nSPS) is 10.2. The van der Waals surface area contributed by atoms with E-state index in [9.17, 15) is 9.90 Å². The zero-order valence-electron chi connectivity index (χ0n) is 8.03. The highest BCUT2D eigenvalue weighted by Crippen LogP contribution is 2.23. The highest BCUT2D eigenvalue weighted by atomic mass is 16.4. The van der Waals surface area contributed by atoms with Crippen LogP contribution < -0.4 is 5.73 Å². The van der Waals surface area contributed by atoms with E-state index in [0.717, 1.165) is 4.68 Å². The lowest BCUT2D eigenvalue weighted by atomic mass is 10.3. The maximum absolute atomic E-state index is 10.7. The summed E-state index contributed by atoms with van der Waals surface area (Å²) in [7, 11) is 0. The summed E-state index contributed by atoms with van der Waals surface area (Å²) in [5, 5.41) is 25.3. The standard InChI is InChI=1S/C9H8N4O3/c10-8-7(9(15)16)11-12-13(8)5-3-1-2-4-6(5)14/h1-4,14H,10H2,(H,15,16). The minimum Gasteiger partial charge on any atom is -0.506 e. The fourth-order valence-corrected chi connectivity index (χ4v) is 1.26. The molecular formula is C9H8N4O3. The van der Waals surface area contributed by atoms with Crippen LogP contribution in [-0.4, -0.2) is 31.2 Å². The predicted molar refractivity (Wildman–Crippen MR) is 54.4 cm³/mol. The van der Waals surface area contributed by atoms with Gasteiger partial charge in [-0.1, -0.05) is 17.3 Å². The van der Waals surface area contributed by atoms with E-state index in [2.05, 4.69) is 10.3 Å². The highest BCUT2D eigenvalue weighted by molar-refractivity contribution is 5.90. The Labute approximate surface area is 89.7 Å². The number of carboxylic acid groups (broad SMARTS) is 1. The number of phenols is 1. The molecule has 0 unspecified atom stereocenters. The van der Waals surface area contributed by atoms with Gasteiger partial charge in [-0.2, -0.15) is 4.68 Å². The Hall–Kier alpha value is -2.57. The van der Waals surface area contributed by atoms with Crippen LogP contribution >= 0.6 is 0 Å². The van der Waals surface area contributed by atoms with Gasteiger partial charge in [0.25, 0.3) is 0 Å². The van der Waals surface area contributed by atoms with E-state index in [0.29, 0.717) is 0 Å². The van der Waals surface area contributed by atoms with Crippen LogP contribution in [0.15, 0.2) is 24.3 Å². The minimum absolute atomic E-state index is 0.0592. The topological polar surface area (TPSA) is 114 Å². The molecule has 2 rings (SSSR count). The van der Waals surface area contributed by atoms with Crippen LogP contribution in [0.3, 0.4) is 0 Å². The smallest absolute Gasteiger partial charge is 0.360 e. The maximum Gasteiger partial charge on any atom is 0.360 e. The molecule has 0 saturated carbocycles. The molecule has 7 nitrogen and oxygen atoms in total. The summed E-state index contributed by atoms with van der Waals surface area (Å²) in [5.74, 6) is -1.45. The van der Waals surface area contributed by atoms with Crippen LogP contribution in [0.2, 0.25) is 0 Å². The second-order valence-corrected chi connectivity index (χ2v) is 3.03. The molecule has 1 heterocycles. The molecule has 0 aliphatic carbocycles. The third kappa shape index (κ3) is 1.44. The number of nitrogens with zero attached hydrogens (tertiary/aromatic N) is 3. The van der Waals surface area contributed by atoms with Crippen molar-refractivity contribution >= 4 is 11.8 Å². The Morgan fingerprint density at radius 2 is 2.06 bits per heavy atom. The second-order valence-electron chi connectivity index (χ2n) is 3.03. The molecule has 1 aromatic heterocycles. The van der Waals surface area contributed by atoms with Crippen molar-refractivity contribution < 1.29 is 15.0 Å². The fraction of sp³-hybridized carbons (Fsp3) is 0. The SMILES string of the molecule is Nc1c(C(=O)O)nnn1-c1ccccc1O. The number of phenolic OH excluding ortho intramolecular Hbond substituents is 1. The zero-order chi connectivity index (χ0) is 11.7. The molecule has 0 aliphatic heterocycles. The van der Waals surface area contributed by atoms with Crippen molar-refractivity contribution in [2.24, 2.45) is 0 Å². The first-order valence-electron chi connectivity index (χ1n) is 4.34. The summed E-state index contributed by atoms with van der Waals surface area (Å²) in [6, 6.07) is 6.28. The van der Waals surface area contributed by atoms with E-state index >= 15 is 0 Å². The molecule has 0 fully saturated rings. The van der Waals surface area contributed by atoms with Crippen LogP contribution in [0.5, 0.6) is 5.75 Å². The van der Waals surface area contributed by atoms with Crippen molar-refractivity contribution in [2.45, 2.75) is 0 Å². The minimum atomic E-state index is -1.26. The number of benzene rings is 1. The van der Waals surface area contributed by atoms with Crippen molar-refractivity contribution in [3.63, 3.8) is 0 Å². The number of hydrogen-bond acceptors (Lipinski definition) is 5. The van der Waals surface area contributed by atoms with Gasteiger partial charge in [-0.3, -0.25) is 0 Å². The summed E-state index contributed by atoms with van der Waals surface area (Å²) in [4.78, 5) is 10.7. The van der Waals surface area contributed by atoms with E-state index in [1.54, 1.807) is 18.2 Å². The number of para-hydroxylation sites is 2. The first kappa shape index (κ1) is 9.97. The fourth-order valence-electron chi connectivity index (χ4n) is 1.26. The Bertz CT molecular complexity index is 549. The molecule has 7 heteroatoms. The zero-order valence-corrected chi connectivity index (χ0v) is 8.03. The molecule has 4 N–H and O–H groups in total. The van der Waals surface area contributed by atoms with Crippen LogP contribution in [0, 0.1) is 0 Å². The van der Waals surface area contributed by atoms with Crippen molar-refractivity contribution in [1.29, 1.82) is 0 Å². The van der Waals surface area contributed by atoms with E-state index in [1.807, 2.05) is 0 Å². The Balaban J connectivity index is 2.58. The summed E-state index contributed by atoms with van der Waals surface area (Å²) >= 11 is 0. The first-order chi connectivity index (χ1) is 7.61. The quantitative estimate of drug-likeness (QED) is 0.668. The Kier molecular flexibility index (Phi) is 2.20. The number of aromatic nitrogens is 3. The molecule has 0 atom stereocenters. The van der Waals surface area contributed by atoms with Gasteiger partial charge in [0.2, 0.25) is 5.69 Å². The van der Waals surface area contributed by atoms with Crippen molar-refractivity contribution in [3.8, 4) is 11.4 Å². The van der Waals surface area contributed by atoms with Gasteiger partial charge < -0.3 is 15.9 Å². The monoisotopic (exact) mass is 220 g/mol. The van der Waals surface area contributed by atoms with Gasteiger partial charge in [0.15, 0.2) is 5.82 Å². The number of hydrogen-bond donors (Lipinski definition) is 3. The van der Waals surface area contributed by atoms with E-state index in [-0.39, 0.29) is 22.9 Å². The third-order valence-corrected chi connectivity index (χ3v) is 2.02. The molecular weight excluding hydrogens is 212 g/mol. The molecule has 16 heavy (non-hydrogen) atoms. The lowest BCUT2D eigenvalue weighted by Crippen LogP contribution is -2.05. The van der Waals surface area contributed by atoms with Crippen molar-refractivity contribution in [3.05, 3.63) is 30.0 Å². The highest BCUT2D eigenvalue weighted by Gasteiger charge is 2.18. The number of nitrogens with two attached hydrogens (primary N) is 1. The average molecular weight is 220 g/mol. The average Bonchev–Trinajstić information content (AvgIpc) is 2.61. The lowest BCUT2D eigenvalue weighted by Gasteiger charge is -2.04. The van der Waals surface area contributed by atoms with E-state index in [4.69, 9.17) is 10.8 Å². The third-order valence-electron chi connectivity index (χ3n) is 2.02. The van der Waals surface area contributed by atoms with Gasteiger partial charge in [-0.15, -0.1) is 5.10 Å². The molecule has 2 aromatic rings. The lowest BCUT2D eigenvalue weighted by molar-refractivity contribution is 0.0691. The number of anilines is 1. The number of aromatic carboxylic acids is 1. The van der Waals surface area contributed by atoms with Gasteiger partial charge in [0.05, 0.1) is 0 Å². The molecule has 0 amide bonds. The van der Waals surface area contributed by atoms with Gasteiger partial charge in [0, 0.05) is 0 Å². The first-order valence-corrected chi connectivity index (χ1v) is 4.34. The van der Waals surface area contributed by atoms with Crippen LogP contribution in [0.4, 0.5) is 5.82 Å². The molecule has 0 aliphatic rings. The Morgan fingerprint density at radius 1 is 1.38 bits per heavy atom. The Morgan fingerprint density at radius 3 is 2.62 bits per heavy atom. The molecule has 1 aromatic carbocycles. The second kappa shape index (κ2) is 3.54. The number of rotatable bonds is 2. The molecule has 0 bridgehead atoms. The predicted octanol–water partition coefficient (Wildman–Crippen LogP) is 0.253. The van der Waals surface area contributed by atoms with Gasteiger partial charge in [0.1, 0.15) is 11.4 Å².